The summed E-state index contributed by atoms with van der Waals surface area (Å²) in [6, 6.07) is 8.56. The van der Waals surface area contributed by atoms with Gasteiger partial charge in [0.25, 0.3) is 0 Å². The summed E-state index contributed by atoms with van der Waals surface area (Å²) in [4.78, 5) is 10.6. The van der Waals surface area contributed by atoms with Gasteiger partial charge in [-0.15, -0.1) is 0 Å². The molecule has 0 aliphatic carbocycles. The number of hydrogen-bond acceptors (Lipinski definition) is 4. The molecular weight excluding hydrogens is 203 g/mol. The highest BCUT2D eigenvalue weighted by molar-refractivity contribution is 7.53. The summed E-state index contributed by atoms with van der Waals surface area (Å²) >= 11 is 0. The molecule has 0 N–H and O–H groups in total. The van der Waals surface area contributed by atoms with Crippen molar-refractivity contribution in [1.82, 2.24) is 0 Å². The van der Waals surface area contributed by atoms with Crippen LogP contribution in [0.1, 0.15) is 6.92 Å². The summed E-state index contributed by atoms with van der Waals surface area (Å²) in [7, 11) is -3.32. The van der Waals surface area contributed by atoms with Crippen LogP contribution in [0.2, 0.25) is 0 Å². The van der Waals surface area contributed by atoms with Gasteiger partial charge in [-0.05, 0) is 12.1 Å². The van der Waals surface area contributed by atoms with Crippen LogP contribution in [0, 0.1) is 0 Å². The SMILES string of the molecule is CC(=O)OP(C)(=O)Oc1ccccc1. The number of hydrogen-bond donors (Lipinski definition) is 0. The van der Waals surface area contributed by atoms with E-state index in [1.54, 1.807) is 30.3 Å². The van der Waals surface area contributed by atoms with Crippen LogP contribution in [0.15, 0.2) is 30.3 Å². The van der Waals surface area contributed by atoms with Gasteiger partial charge in [0.1, 0.15) is 5.75 Å². The van der Waals surface area contributed by atoms with Gasteiger partial charge >= 0.3 is 13.6 Å². The van der Waals surface area contributed by atoms with Gasteiger partial charge in [0, 0.05) is 6.92 Å². The largest absolute Gasteiger partial charge is 0.429 e. The maximum atomic E-state index is 11.5. The molecule has 0 aromatic heterocycles. The van der Waals surface area contributed by atoms with E-state index >= 15 is 0 Å². The Hall–Kier alpha value is -1.28. The lowest BCUT2D eigenvalue weighted by atomic mass is 10.3. The lowest BCUT2D eigenvalue weighted by Crippen LogP contribution is -2.00. The summed E-state index contributed by atoms with van der Waals surface area (Å²) in [6.07, 6.45) is 0. The van der Waals surface area contributed by atoms with E-state index in [2.05, 4.69) is 4.52 Å². The third-order valence-corrected chi connectivity index (χ3v) is 2.44. The molecule has 0 spiro atoms. The number of para-hydroxylation sites is 1. The Morgan fingerprint density at radius 2 is 1.86 bits per heavy atom. The predicted octanol–water partition coefficient (Wildman–Crippen LogP) is 2.45. The topological polar surface area (TPSA) is 52.6 Å². The van der Waals surface area contributed by atoms with Gasteiger partial charge in [0.2, 0.25) is 0 Å². The van der Waals surface area contributed by atoms with Gasteiger partial charge in [-0.1, -0.05) is 18.2 Å². The third-order valence-electron chi connectivity index (χ3n) is 1.31. The summed E-state index contributed by atoms with van der Waals surface area (Å²) in [6.45, 7) is 2.44. The third kappa shape index (κ3) is 3.62. The molecule has 1 atom stereocenters. The van der Waals surface area contributed by atoms with Crippen LogP contribution in [0.4, 0.5) is 0 Å². The standard InChI is InChI=1S/C9H11O4P/c1-8(10)12-14(2,11)13-9-6-4-3-5-7-9/h3-7H,1-2H3. The molecule has 1 aromatic carbocycles. The van der Waals surface area contributed by atoms with Gasteiger partial charge in [-0.25, -0.2) is 4.57 Å². The Morgan fingerprint density at radius 1 is 1.29 bits per heavy atom. The molecular formula is C9H11O4P. The molecule has 1 aromatic rings. The highest BCUT2D eigenvalue weighted by atomic mass is 31.2. The molecule has 4 nitrogen and oxygen atoms in total. The molecule has 0 amide bonds. The molecule has 0 saturated carbocycles. The van der Waals surface area contributed by atoms with E-state index in [4.69, 9.17) is 4.52 Å². The van der Waals surface area contributed by atoms with Crippen LogP contribution in [0.25, 0.3) is 0 Å². The molecule has 1 unspecified atom stereocenters. The fourth-order valence-electron chi connectivity index (χ4n) is 0.925. The Kier molecular flexibility index (Phi) is 3.31. The molecule has 14 heavy (non-hydrogen) atoms. The Balaban J connectivity index is 2.69. The van der Waals surface area contributed by atoms with Crippen LogP contribution in [0.3, 0.4) is 0 Å². The highest BCUT2D eigenvalue weighted by Gasteiger charge is 2.21. The first kappa shape index (κ1) is 10.8. The fraction of sp³-hybridized carbons (Fsp3) is 0.222. The average Bonchev–Trinajstić information content (AvgIpc) is 2.02. The minimum absolute atomic E-state index is 0.416. The quantitative estimate of drug-likeness (QED) is 0.725. The minimum atomic E-state index is -3.32. The predicted molar refractivity (Wildman–Crippen MR) is 52.4 cm³/mol. The van der Waals surface area contributed by atoms with Crippen LogP contribution < -0.4 is 4.52 Å². The lowest BCUT2D eigenvalue weighted by Gasteiger charge is -2.13. The van der Waals surface area contributed by atoms with Crippen molar-refractivity contribution in [2.75, 3.05) is 6.66 Å². The van der Waals surface area contributed by atoms with Crippen molar-refractivity contribution in [1.29, 1.82) is 0 Å². The molecule has 0 aliphatic rings. The lowest BCUT2D eigenvalue weighted by molar-refractivity contribution is -0.132. The summed E-state index contributed by atoms with van der Waals surface area (Å²) in [5.41, 5.74) is 0. The molecule has 0 radical (unpaired) electrons. The van der Waals surface area contributed by atoms with Crippen molar-refractivity contribution in [3.8, 4) is 5.75 Å². The van der Waals surface area contributed by atoms with Gasteiger partial charge in [0.05, 0.1) is 6.66 Å². The molecule has 5 heteroatoms. The van der Waals surface area contributed by atoms with Crippen molar-refractivity contribution < 1.29 is 18.4 Å². The molecule has 76 valence electrons. The van der Waals surface area contributed by atoms with Crippen molar-refractivity contribution in [3.63, 3.8) is 0 Å². The second-order valence-electron chi connectivity index (χ2n) is 2.76. The van der Waals surface area contributed by atoms with Crippen LogP contribution >= 0.6 is 7.60 Å². The monoisotopic (exact) mass is 214 g/mol. The number of carbonyl (C=O) groups excluding carboxylic acids is 1. The van der Waals surface area contributed by atoms with Crippen LogP contribution in [-0.2, 0) is 13.9 Å². The number of carbonyl (C=O) groups is 1. The molecule has 0 fully saturated rings. The zero-order chi connectivity index (χ0) is 10.6. The maximum Gasteiger partial charge on any atom is 0.429 e. The minimum Gasteiger partial charge on any atom is -0.416 e. The average molecular weight is 214 g/mol. The van der Waals surface area contributed by atoms with Gasteiger partial charge in [-0.3, -0.25) is 4.79 Å². The van der Waals surface area contributed by atoms with Crippen molar-refractivity contribution in [2.24, 2.45) is 0 Å². The smallest absolute Gasteiger partial charge is 0.416 e. The Labute approximate surface area is 82.4 Å². The van der Waals surface area contributed by atoms with Crippen LogP contribution in [0.5, 0.6) is 5.75 Å². The summed E-state index contributed by atoms with van der Waals surface area (Å²) in [5, 5.41) is 0. The highest BCUT2D eigenvalue weighted by Crippen LogP contribution is 2.44. The van der Waals surface area contributed by atoms with Crippen molar-refractivity contribution >= 4 is 13.6 Å². The Morgan fingerprint density at radius 3 is 2.36 bits per heavy atom. The first-order valence-corrected chi connectivity index (χ1v) is 6.01. The van der Waals surface area contributed by atoms with E-state index in [-0.39, 0.29) is 0 Å². The van der Waals surface area contributed by atoms with E-state index in [0.717, 1.165) is 0 Å². The van der Waals surface area contributed by atoms with Gasteiger partial charge in [-0.2, -0.15) is 0 Å². The van der Waals surface area contributed by atoms with Crippen LogP contribution in [-0.4, -0.2) is 12.6 Å². The summed E-state index contributed by atoms with van der Waals surface area (Å²) in [5.74, 6) is -0.202. The second kappa shape index (κ2) is 4.29. The summed E-state index contributed by atoms with van der Waals surface area (Å²) < 4.78 is 21.1. The Bertz CT molecular complexity index is 360. The molecule has 0 bridgehead atoms. The van der Waals surface area contributed by atoms with Crippen molar-refractivity contribution in [2.45, 2.75) is 6.92 Å². The van der Waals surface area contributed by atoms with Gasteiger partial charge in [0.15, 0.2) is 0 Å². The van der Waals surface area contributed by atoms with E-state index in [1.165, 1.54) is 13.6 Å². The van der Waals surface area contributed by atoms with E-state index in [0.29, 0.717) is 5.75 Å². The normalized spacial score (nSPS) is 14.1. The molecule has 1 rings (SSSR count). The van der Waals surface area contributed by atoms with E-state index in [9.17, 15) is 9.36 Å². The first-order chi connectivity index (χ1) is 6.49. The second-order valence-corrected chi connectivity index (χ2v) is 4.67. The number of benzene rings is 1. The van der Waals surface area contributed by atoms with E-state index < -0.39 is 13.6 Å². The van der Waals surface area contributed by atoms with E-state index in [1.807, 2.05) is 0 Å². The zero-order valence-corrected chi connectivity index (χ0v) is 8.86. The van der Waals surface area contributed by atoms with Crippen molar-refractivity contribution in [3.05, 3.63) is 30.3 Å². The molecule has 0 heterocycles. The zero-order valence-electron chi connectivity index (χ0n) is 7.97. The molecule has 0 saturated heterocycles. The molecule has 0 aliphatic heterocycles. The first-order valence-electron chi connectivity index (χ1n) is 4.02. The maximum absolute atomic E-state index is 11.5. The van der Waals surface area contributed by atoms with Gasteiger partial charge < -0.3 is 9.05 Å². The fourth-order valence-corrected chi connectivity index (χ4v) is 1.93. The number of rotatable bonds is 3.